The second kappa shape index (κ2) is 6.15. The molecule has 2 rings (SSSR count). The van der Waals surface area contributed by atoms with Gasteiger partial charge in [0.25, 0.3) is 21.9 Å². The Morgan fingerprint density at radius 2 is 1.75 bits per heavy atom. The van der Waals surface area contributed by atoms with Crippen LogP contribution in [-0.2, 0) is 16.5 Å². The highest BCUT2D eigenvalue weighted by Crippen LogP contribution is 2.22. The summed E-state index contributed by atoms with van der Waals surface area (Å²) in [6.45, 7) is 4.18. The lowest BCUT2D eigenvalue weighted by Crippen LogP contribution is -2.20. The third kappa shape index (κ3) is 4.75. The minimum absolute atomic E-state index is 0.258. The average Bonchev–Trinajstić information content (AvgIpc) is 2.52. The molecule has 1 aromatic carbocycles. The van der Waals surface area contributed by atoms with Crippen LogP contribution in [0.4, 0.5) is 0 Å². The molecule has 6 nitrogen and oxygen atoms in total. The van der Waals surface area contributed by atoms with Gasteiger partial charge < -0.3 is 0 Å². The van der Waals surface area contributed by atoms with Gasteiger partial charge in [0, 0.05) is 0 Å². The fourth-order valence-electron chi connectivity index (χ4n) is 1.90. The Morgan fingerprint density at radius 3 is 2.25 bits per heavy atom. The van der Waals surface area contributed by atoms with Crippen LogP contribution in [0.1, 0.15) is 40.1 Å². The predicted molar refractivity (Wildman–Crippen MR) is 74.3 cm³/mol. The van der Waals surface area contributed by atoms with E-state index in [2.05, 4.69) is 19.2 Å². The van der Waals surface area contributed by atoms with Crippen LogP contribution in [-0.4, -0.2) is 31.0 Å². The van der Waals surface area contributed by atoms with Crippen molar-refractivity contribution in [3.63, 3.8) is 0 Å². The highest BCUT2D eigenvalue weighted by Gasteiger charge is 2.28. The third-order valence-electron chi connectivity index (χ3n) is 2.48. The van der Waals surface area contributed by atoms with Gasteiger partial charge in [-0.1, -0.05) is 26.0 Å². The molecule has 1 aromatic rings. The molecule has 2 N–H and O–H groups in total. The van der Waals surface area contributed by atoms with Crippen LogP contribution in [0.3, 0.4) is 0 Å². The summed E-state index contributed by atoms with van der Waals surface area (Å²) in [5, 5.41) is 2.32. The summed E-state index contributed by atoms with van der Waals surface area (Å²) in [4.78, 5) is 22.9. The molecule has 1 aliphatic heterocycles. The molecule has 0 aromatic heterocycles. The number of fused-ring (bicyclic) bond motifs is 1. The van der Waals surface area contributed by atoms with Crippen molar-refractivity contribution in [2.75, 3.05) is 6.26 Å². The molecule has 0 fully saturated rings. The van der Waals surface area contributed by atoms with Gasteiger partial charge in [0.2, 0.25) is 0 Å². The van der Waals surface area contributed by atoms with Crippen LogP contribution in [0.5, 0.6) is 0 Å². The highest BCUT2D eigenvalue weighted by molar-refractivity contribution is 7.85. The van der Waals surface area contributed by atoms with E-state index in [1.807, 2.05) is 12.1 Å². The number of nitrogens with one attached hydrogen (secondary N) is 1. The van der Waals surface area contributed by atoms with Crippen LogP contribution in [0.2, 0.25) is 0 Å². The molecular formula is C13H17NO5S. The monoisotopic (exact) mass is 299 g/mol. The molecule has 7 heteroatoms. The summed E-state index contributed by atoms with van der Waals surface area (Å²) < 4.78 is 25.9. The Kier molecular flexibility index (Phi) is 5.02. The van der Waals surface area contributed by atoms with E-state index in [1.165, 1.54) is 0 Å². The number of rotatable bonds is 2. The second-order valence-corrected chi connectivity index (χ2v) is 6.42. The van der Waals surface area contributed by atoms with E-state index in [0.29, 0.717) is 23.3 Å². The first-order valence-corrected chi connectivity index (χ1v) is 7.84. The molecule has 2 amide bonds. The van der Waals surface area contributed by atoms with Gasteiger partial charge in [-0.2, -0.15) is 8.42 Å². The van der Waals surface area contributed by atoms with Gasteiger partial charge in [0.05, 0.1) is 17.4 Å². The summed E-state index contributed by atoms with van der Waals surface area (Å²) in [6.07, 6.45) is 1.54. The lowest BCUT2D eigenvalue weighted by atomic mass is 9.95. The van der Waals surface area contributed by atoms with Crippen LogP contribution < -0.4 is 5.32 Å². The molecule has 0 bridgehead atoms. The zero-order valence-electron chi connectivity index (χ0n) is 11.5. The minimum atomic E-state index is -3.67. The van der Waals surface area contributed by atoms with Crippen molar-refractivity contribution in [2.24, 2.45) is 5.92 Å². The van der Waals surface area contributed by atoms with Crippen molar-refractivity contribution >= 4 is 21.9 Å². The maximum absolute atomic E-state index is 11.5. The van der Waals surface area contributed by atoms with E-state index in [0.717, 1.165) is 12.0 Å². The highest BCUT2D eigenvalue weighted by atomic mass is 32.2. The van der Waals surface area contributed by atoms with Gasteiger partial charge in [-0.25, -0.2) is 0 Å². The van der Waals surface area contributed by atoms with Gasteiger partial charge in [-0.3, -0.25) is 19.5 Å². The maximum Gasteiger partial charge on any atom is 0.261 e. The van der Waals surface area contributed by atoms with Gasteiger partial charge in [0.1, 0.15) is 0 Å². The Balaban J connectivity index is 0.000000347. The number of hydrogen-bond acceptors (Lipinski definition) is 4. The first-order chi connectivity index (χ1) is 9.09. The van der Waals surface area contributed by atoms with Gasteiger partial charge in [0.15, 0.2) is 0 Å². The van der Waals surface area contributed by atoms with Crippen molar-refractivity contribution < 1.29 is 22.6 Å². The standard InChI is InChI=1S/C12H13NO2.CH4O3S/c1-7(2)6-8-4-3-5-9-10(8)12(15)13-11(9)14;1-5(2,3)4/h3-5,7H,6H2,1-2H3,(H,13,14,15);1H3,(H,2,3,4). The Hall–Kier alpha value is -1.73. The molecule has 0 atom stereocenters. The first-order valence-electron chi connectivity index (χ1n) is 5.99. The van der Waals surface area contributed by atoms with E-state index >= 15 is 0 Å². The fourth-order valence-corrected chi connectivity index (χ4v) is 1.90. The number of carbonyl (C=O) groups excluding carboxylic acids is 2. The summed E-state index contributed by atoms with van der Waals surface area (Å²) in [5.74, 6) is -0.0631. The zero-order valence-corrected chi connectivity index (χ0v) is 12.3. The predicted octanol–water partition coefficient (Wildman–Crippen LogP) is 1.27. The molecule has 1 heterocycles. The molecule has 110 valence electrons. The molecule has 0 spiro atoms. The van der Waals surface area contributed by atoms with Crippen LogP contribution in [0, 0.1) is 5.92 Å². The topological polar surface area (TPSA) is 101 Å². The SMILES string of the molecule is CC(C)Cc1cccc2c1C(=O)NC2=O.CS(=O)(=O)O. The van der Waals surface area contributed by atoms with Gasteiger partial charge in [-0.15, -0.1) is 0 Å². The molecule has 0 aliphatic carbocycles. The summed E-state index contributed by atoms with van der Waals surface area (Å²) >= 11 is 0. The maximum atomic E-state index is 11.5. The summed E-state index contributed by atoms with van der Waals surface area (Å²) in [7, 11) is -3.67. The lowest BCUT2D eigenvalue weighted by molar-refractivity contribution is 0.0879. The Bertz CT molecular complexity index is 626. The average molecular weight is 299 g/mol. The van der Waals surface area contributed by atoms with E-state index in [1.54, 1.807) is 6.07 Å². The van der Waals surface area contributed by atoms with Crippen LogP contribution >= 0.6 is 0 Å². The van der Waals surface area contributed by atoms with Crippen molar-refractivity contribution in [1.29, 1.82) is 0 Å². The van der Waals surface area contributed by atoms with Gasteiger partial charge in [-0.05, 0) is 24.0 Å². The molecular weight excluding hydrogens is 282 g/mol. The molecule has 0 unspecified atom stereocenters. The quantitative estimate of drug-likeness (QED) is 0.632. The lowest BCUT2D eigenvalue weighted by Gasteiger charge is -2.07. The number of benzene rings is 1. The molecule has 0 saturated heterocycles. The summed E-state index contributed by atoms with van der Waals surface area (Å²) in [6, 6.07) is 5.44. The Morgan fingerprint density at radius 1 is 1.20 bits per heavy atom. The number of imide groups is 1. The summed E-state index contributed by atoms with van der Waals surface area (Å²) in [5.41, 5.74) is 2.04. The van der Waals surface area contributed by atoms with E-state index in [4.69, 9.17) is 4.55 Å². The number of amides is 2. The van der Waals surface area contributed by atoms with E-state index in [-0.39, 0.29) is 11.8 Å². The number of carbonyl (C=O) groups is 2. The van der Waals surface area contributed by atoms with Crippen molar-refractivity contribution in [3.05, 3.63) is 34.9 Å². The molecule has 0 radical (unpaired) electrons. The minimum Gasteiger partial charge on any atom is -0.288 e. The molecule has 1 aliphatic rings. The second-order valence-electron chi connectivity index (χ2n) is 4.95. The third-order valence-corrected chi connectivity index (χ3v) is 2.48. The first kappa shape index (κ1) is 16.3. The van der Waals surface area contributed by atoms with Crippen molar-refractivity contribution in [1.82, 2.24) is 5.32 Å². The fraction of sp³-hybridized carbons (Fsp3) is 0.385. The van der Waals surface area contributed by atoms with Crippen LogP contribution in [0.25, 0.3) is 0 Å². The van der Waals surface area contributed by atoms with E-state index < -0.39 is 10.1 Å². The Labute approximate surface area is 117 Å². The number of hydrogen-bond donors (Lipinski definition) is 2. The van der Waals surface area contributed by atoms with Crippen LogP contribution in [0.15, 0.2) is 18.2 Å². The zero-order chi connectivity index (χ0) is 15.5. The van der Waals surface area contributed by atoms with E-state index in [9.17, 15) is 18.0 Å². The van der Waals surface area contributed by atoms with Crippen molar-refractivity contribution in [2.45, 2.75) is 20.3 Å². The molecule has 20 heavy (non-hydrogen) atoms. The normalized spacial score (nSPS) is 13.7. The largest absolute Gasteiger partial charge is 0.288 e. The smallest absolute Gasteiger partial charge is 0.261 e. The van der Waals surface area contributed by atoms with Gasteiger partial charge >= 0.3 is 0 Å². The van der Waals surface area contributed by atoms with Crippen molar-refractivity contribution in [3.8, 4) is 0 Å². The molecule has 0 saturated carbocycles.